The highest BCUT2D eigenvalue weighted by atomic mass is 16.4. The van der Waals surface area contributed by atoms with E-state index in [1.165, 1.54) is 10.5 Å². The highest BCUT2D eigenvalue weighted by molar-refractivity contribution is 5.98. The summed E-state index contributed by atoms with van der Waals surface area (Å²) >= 11 is 0. The van der Waals surface area contributed by atoms with Crippen LogP contribution < -0.4 is 0 Å². The normalized spacial score (nSPS) is 24.0. The number of aliphatic carboxylic acids is 1. The van der Waals surface area contributed by atoms with Gasteiger partial charge in [-0.05, 0) is 31.2 Å². The van der Waals surface area contributed by atoms with Gasteiger partial charge in [0.15, 0.2) is 0 Å². The van der Waals surface area contributed by atoms with Crippen molar-refractivity contribution in [3.63, 3.8) is 0 Å². The van der Waals surface area contributed by atoms with Gasteiger partial charge in [-0.1, -0.05) is 30.3 Å². The van der Waals surface area contributed by atoms with E-state index in [0.717, 1.165) is 12.8 Å². The lowest BCUT2D eigenvalue weighted by atomic mass is 10.1. The second-order valence-electron chi connectivity index (χ2n) is 6.10. The molecule has 0 spiro atoms. The number of rotatable bonds is 5. The molecule has 1 aromatic carbocycles. The molecule has 122 valence electrons. The zero-order valence-corrected chi connectivity index (χ0v) is 12.9. The van der Waals surface area contributed by atoms with Gasteiger partial charge in [-0.25, -0.2) is 4.79 Å². The lowest BCUT2D eigenvalue weighted by Crippen LogP contribution is -2.60. The summed E-state index contributed by atoms with van der Waals surface area (Å²) in [7, 11) is 0. The number of hydrogen-bond donors (Lipinski definition) is 1. The number of carboxylic acid groups (broad SMARTS) is 1. The molecule has 0 saturated carbocycles. The fourth-order valence-corrected chi connectivity index (χ4v) is 3.49. The molecule has 0 bridgehead atoms. The number of fused-ring (bicyclic) bond motifs is 1. The van der Waals surface area contributed by atoms with Crippen LogP contribution in [0.4, 0.5) is 0 Å². The first-order valence-corrected chi connectivity index (χ1v) is 7.94. The van der Waals surface area contributed by atoms with Gasteiger partial charge in [0.25, 0.3) is 0 Å². The average Bonchev–Trinajstić information content (AvgIpc) is 2.99. The predicted molar refractivity (Wildman–Crippen MR) is 82.6 cm³/mol. The Bertz CT molecular complexity index is 616. The smallest absolute Gasteiger partial charge is 0.326 e. The molecule has 6 heteroatoms. The number of benzene rings is 1. The molecule has 0 aromatic heterocycles. The Hall–Kier alpha value is -2.37. The highest BCUT2D eigenvalue weighted by Gasteiger charge is 2.48. The van der Waals surface area contributed by atoms with Gasteiger partial charge < -0.3 is 14.9 Å². The zero-order chi connectivity index (χ0) is 16.4. The van der Waals surface area contributed by atoms with Crippen LogP contribution >= 0.6 is 0 Å². The van der Waals surface area contributed by atoms with E-state index in [1.807, 2.05) is 30.3 Å². The molecule has 0 radical (unpaired) electrons. The van der Waals surface area contributed by atoms with Gasteiger partial charge in [0.2, 0.25) is 11.8 Å². The summed E-state index contributed by atoms with van der Waals surface area (Å²) < 4.78 is 0. The third-order valence-corrected chi connectivity index (χ3v) is 4.62. The Morgan fingerprint density at radius 3 is 2.61 bits per heavy atom. The van der Waals surface area contributed by atoms with Gasteiger partial charge in [-0.2, -0.15) is 0 Å². The Morgan fingerprint density at radius 2 is 1.91 bits per heavy atom. The van der Waals surface area contributed by atoms with Crippen molar-refractivity contribution >= 4 is 17.8 Å². The summed E-state index contributed by atoms with van der Waals surface area (Å²) in [6.45, 7) is 0.523. The molecule has 2 heterocycles. The van der Waals surface area contributed by atoms with Crippen LogP contribution in [-0.4, -0.2) is 57.9 Å². The highest BCUT2D eigenvalue weighted by Crippen LogP contribution is 2.29. The lowest BCUT2D eigenvalue weighted by Gasteiger charge is -2.38. The molecular weight excluding hydrogens is 296 g/mol. The molecule has 3 rings (SSSR count). The molecule has 2 atom stereocenters. The summed E-state index contributed by atoms with van der Waals surface area (Å²) in [6, 6.07) is 8.57. The fourth-order valence-electron chi connectivity index (χ4n) is 3.49. The van der Waals surface area contributed by atoms with E-state index in [9.17, 15) is 19.5 Å². The van der Waals surface area contributed by atoms with E-state index in [1.54, 1.807) is 4.90 Å². The second kappa shape index (κ2) is 6.40. The third-order valence-electron chi connectivity index (χ3n) is 4.62. The van der Waals surface area contributed by atoms with Crippen molar-refractivity contribution in [3.8, 4) is 0 Å². The quantitative estimate of drug-likeness (QED) is 0.876. The molecule has 0 unspecified atom stereocenters. The van der Waals surface area contributed by atoms with Crippen LogP contribution in [0.25, 0.3) is 0 Å². The molecule has 2 aliphatic rings. The molecule has 23 heavy (non-hydrogen) atoms. The predicted octanol–water partition coefficient (Wildman–Crippen LogP) is 0.906. The fraction of sp³-hybridized carbons (Fsp3) is 0.471. The van der Waals surface area contributed by atoms with Crippen molar-refractivity contribution in [2.45, 2.75) is 37.8 Å². The molecular formula is C17H20N2O4. The number of piperazine rings is 1. The first-order chi connectivity index (χ1) is 11.1. The van der Waals surface area contributed by atoms with Crippen molar-refractivity contribution in [1.82, 2.24) is 9.80 Å². The SMILES string of the molecule is O=C(O)[C@@H]1CC[C@H]2C(=O)N(CCCc3ccccc3)CC(=O)N12. The topological polar surface area (TPSA) is 77.9 Å². The number of carbonyl (C=O) groups is 3. The van der Waals surface area contributed by atoms with Crippen LogP contribution in [0.15, 0.2) is 30.3 Å². The number of aryl methyl sites for hydroxylation is 1. The van der Waals surface area contributed by atoms with Gasteiger partial charge in [0, 0.05) is 6.54 Å². The number of nitrogens with zero attached hydrogens (tertiary/aromatic N) is 2. The van der Waals surface area contributed by atoms with Crippen molar-refractivity contribution < 1.29 is 19.5 Å². The number of amides is 2. The molecule has 0 aliphatic carbocycles. The van der Waals surface area contributed by atoms with E-state index in [4.69, 9.17) is 0 Å². The van der Waals surface area contributed by atoms with E-state index in [0.29, 0.717) is 19.4 Å². The van der Waals surface area contributed by atoms with Crippen LogP contribution in [0.1, 0.15) is 24.8 Å². The number of carboxylic acids is 1. The van der Waals surface area contributed by atoms with Gasteiger partial charge in [0.05, 0.1) is 6.54 Å². The van der Waals surface area contributed by atoms with Crippen molar-refractivity contribution in [2.75, 3.05) is 13.1 Å². The van der Waals surface area contributed by atoms with E-state index < -0.39 is 18.1 Å². The first kappa shape index (κ1) is 15.5. The summed E-state index contributed by atoms with van der Waals surface area (Å²) in [4.78, 5) is 38.8. The monoisotopic (exact) mass is 316 g/mol. The van der Waals surface area contributed by atoms with Crippen LogP contribution in [0, 0.1) is 0 Å². The maximum Gasteiger partial charge on any atom is 0.326 e. The summed E-state index contributed by atoms with van der Waals surface area (Å²) in [5.41, 5.74) is 1.21. The standard InChI is InChI=1S/C17H20N2O4/c20-15-11-18(10-4-7-12-5-2-1-3-6-12)16(21)13-8-9-14(17(22)23)19(13)15/h1-3,5-6,13-14H,4,7-11H2,(H,22,23)/t13-,14-/m0/s1. The summed E-state index contributed by atoms with van der Waals surface area (Å²) in [6.07, 6.45) is 2.44. The Balaban J connectivity index is 1.60. The van der Waals surface area contributed by atoms with E-state index in [2.05, 4.69) is 0 Å². The molecule has 6 nitrogen and oxygen atoms in total. The molecule has 1 aromatic rings. The lowest BCUT2D eigenvalue weighted by molar-refractivity contribution is -0.160. The molecule has 2 fully saturated rings. The number of hydrogen-bond acceptors (Lipinski definition) is 3. The maximum absolute atomic E-state index is 12.5. The largest absolute Gasteiger partial charge is 0.480 e. The molecule has 2 saturated heterocycles. The summed E-state index contributed by atoms with van der Waals surface area (Å²) in [5.74, 6) is -1.38. The van der Waals surface area contributed by atoms with Gasteiger partial charge in [-0.3, -0.25) is 9.59 Å². The van der Waals surface area contributed by atoms with Crippen LogP contribution in [-0.2, 0) is 20.8 Å². The minimum absolute atomic E-state index is 0.00605. The third kappa shape index (κ3) is 3.06. The van der Waals surface area contributed by atoms with Crippen molar-refractivity contribution in [1.29, 1.82) is 0 Å². The van der Waals surface area contributed by atoms with Crippen LogP contribution in [0.5, 0.6) is 0 Å². The maximum atomic E-state index is 12.5. The molecule has 2 amide bonds. The van der Waals surface area contributed by atoms with Crippen LogP contribution in [0.2, 0.25) is 0 Å². The second-order valence-corrected chi connectivity index (χ2v) is 6.10. The van der Waals surface area contributed by atoms with Crippen molar-refractivity contribution in [3.05, 3.63) is 35.9 Å². The molecule has 1 N–H and O–H groups in total. The van der Waals surface area contributed by atoms with Gasteiger partial charge >= 0.3 is 5.97 Å². The van der Waals surface area contributed by atoms with Gasteiger partial charge in [-0.15, -0.1) is 0 Å². The summed E-state index contributed by atoms with van der Waals surface area (Å²) in [5, 5.41) is 9.17. The van der Waals surface area contributed by atoms with E-state index in [-0.39, 0.29) is 18.4 Å². The van der Waals surface area contributed by atoms with E-state index >= 15 is 0 Å². The molecule has 2 aliphatic heterocycles. The first-order valence-electron chi connectivity index (χ1n) is 7.94. The van der Waals surface area contributed by atoms with Gasteiger partial charge in [0.1, 0.15) is 12.1 Å². The van der Waals surface area contributed by atoms with Crippen LogP contribution in [0.3, 0.4) is 0 Å². The number of carbonyl (C=O) groups excluding carboxylic acids is 2. The zero-order valence-electron chi connectivity index (χ0n) is 12.9. The van der Waals surface area contributed by atoms with Crippen molar-refractivity contribution in [2.24, 2.45) is 0 Å². The minimum Gasteiger partial charge on any atom is -0.480 e. The average molecular weight is 316 g/mol. The Labute approximate surface area is 134 Å². The Morgan fingerprint density at radius 1 is 1.17 bits per heavy atom. The Kier molecular flexibility index (Phi) is 4.32. The minimum atomic E-state index is -1.02.